The van der Waals surface area contributed by atoms with Crippen LogP contribution in [0.1, 0.15) is 11.1 Å². The lowest BCUT2D eigenvalue weighted by atomic mass is 9.89. The van der Waals surface area contributed by atoms with E-state index in [9.17, 15) is 0 Å². The van der Waals surface area contributed by atoms with Gasteiger partial charge in [-0.15, -0.1) is 0 Å². The van der Waals surface area contributed by atoms with Crippen LogP contribution in [0.2, 0.25) is 0 Å². The van der Waals surface area contributed by atoms with Crippen molar-refractivity contribution < 1.29 is 0 Å². The molecular formula is C26H12Br2S2. The molecule has 0 bridgehead atoms. The predicted octanol–water partition coefficient (Wildman–Crippen LogP) is 8.30. The molecule has 0 atom stereocenters. The third-order valence-corrected chi connectivity index (χ3v) is 6.53. The summed E-state index contributed by atoms with van der Waals surface area (Å²) in [4.78, 5) is 0. The van der Waals surface area contributed by atoms with Crippen LogP contribution in [-0.2, 0) is 0 Å². The van der Waals surface area contributed by atoms with Gasteiger partial charge in [-0.1, -0.05) is 81.1 Å². The minimum absolute atomic E-state index is 0.962. The quantitative estimate of drug-likeness (QED) is 0.109. The van der Waals surface area contributed by atoms with Crippen molar-refractivity contribution in [3.63, 3.8) is 0 Å². The van der Waals surface area contributed by atoms with E-state index in [1.165, 1.54) is 0 Å². The minimum atomic E-state index is 0.962. The molecular weight excluding hydrogens is 536 g/mol. The van der Waals surface area contributed by atoms with Gasteiger partial charge >= 0.3 is 0 Å². The van der Waals surface area contributed by atoms with Gasteiger partial charge in [-0.05, 0) is 102 Å². The molecule has 5 rings (SSSR count). The molecule has 0 amide bonds. The van der Waals surface area contributed by atoms with Crippen molar-refractivity contribution in [1.82, 2.24) is 0 Å². The maximum absolute atomic E-state index is 4.21. The normalized spacial score (nSPS) is 10.8. The van der Waals surface area contributed by atoms with Crippen molar-refractivity contribution in [3.8, 4) is 22.3 Å². The fraction of sp³-hybridized carbons (Fsp3) is 0. The predicted molar refractivity (Wildman–Crippen MR) is 144 cm³/mol. The molecule has 0 saturated heterocycles. The SMILES string of the molecule is SC#Cc1c2cc3ccc(Br)cc3cc2c(C#CS)c2cc3cc(Br)ccc3cc12. The molecule has 0 heterocycles. The summed E-state index contributed by atoms with van der Waals surface area (Å²) in [6.45, 7) is 0. The van der Waals surface area contributed by atoms with E-state index in [1.807, 2.05) is 0 Å². The molecule has 142 valence electrons. The van der Waals surface area contributed by atoms with Crippen LogP contribution in [0.4, 0.5) is 0 Å². The van der Waals surface area contributed by atoms with Crippen LogP contribution in [-0.4, -0.2) is 0 Å². The zero-order valence-electron chi connectivity index (χ0n) is 15.4. The van der Waals surface area contributed by atoms with Gasteiger partial charge in [0.05, 0.1) is 0 Å². The van der Waals surface area contributed by atoms with Gasteiger partial charge in [-0.3, -0.25) is 0 Å². The van der Waals surface area contributed by atoms with Crippen molar-refractivity contribution in [2.24, 2.45) is 0 Å². The van der Waals surface area contributed by atoms with Crippen LogP contribution < -0.4 is 0 Å². The van der Waals surface area contributed by atoms with Crippen molar-refractivity contribution in [2.75, 3.05) is 0 Å². The molecule has 5 aromatic carbocycles. The van der Waals surface area contributed by atoms with E-state index in [0.717, 1.165) is 63.2 Å². The Morgan fingerprint density at radius 1 is 0.500 bits per heavy atom. The maximum Gasteiger partial charge on any atom is 0.0412 e. The number of benzene rings is 5. The smallest absolute Gasteiger partial charge is 0.0412 e. The van der Waals surface area contributed by atoms with Gasteiger partial charge in [-0.2, -0.15) is 0 Å². The standard InChI is InChI=1S/C26H12Br2S2/c27-19-3-1-15-11-23-21(5-7-29)24-12-16-2-4-20(28)10-18(16)14-26(24)22(6-8-30)25(23)13-17(15)9-19/h1-4,9-14,29-30H. The highest BCUT2D eigenvalue weighted by molar-refractivity contribution is 9.10. The van der Waals surface area contributed by atoms with Crippen LogP contribution in [0.3, 0.4) is 0 Å². The Morgan fingerprint density at radius 2 is 0.867 bits per heavy atom. The molecule has 0 aliphatic carbocycles. The van der Waals surface area contributed by atoms with Crippen LogP contribution in [0.15, 0.2) is 69.6 Å². The van der Waals surface area contributed by atoms with E-state index >= 15 is 0 Å². The molecule has 4 heteroatoms. The van der Waals surface area contributed by atoms with E-state index in [1.54, 1.807) is 0 Å². The van der Waals surface area contributed by atoms with Gasteiger partial charge < -0.3 is 0 Å². The Hall–Kier alpha value is -2.08. The Bertz CT molecular complexity index is 1540. The topological polar surface area (TPSA) is 0 Å². The number of rotatable bonds is 0. The van der Waals surface area contributed by atoms with Crippen LogP contribution >= 0.6 is 57.1 Å². The van der Waals surface area contributed by atoms with Gasteiger partial charge in [0.1, 0.15) is 0 Å². The van der Waals surface area contributed by atoms with Gasteiger partial charge in [0.25, 0.3) is 0 Å². The molecule has 0 unspecified atom stereocenters. The van der Waals surface area contributed by atoms with Crippen molar-refractivity contribution in [1.29, 1.82) is 0 Å². The first-order valence-corrected chi connectivity index (χ1v) is 11.6. The third kappa shape index (κ3) is 3.29. The van der Waals surface area contributed by atoms with Crippen molar-refractivity contribution in [2.45, 2.75) is 0 Å². The fourth-order valence-corrected chi connectivity index (χ4v) is 5.02. The first-order chi connectivity index (χ1) is 14.6. The summed E-state index contributed by atoms with van der Waals surface area (Å²) in [5.74, 6) is 6.49. The second kappa shape index (κ2) is 7.88. The lowest BCUT2D eigenvalue weighted by Crippen LogP contribution is -1.92. The molecule has 0 aromatic heterocycles. The molecule has 0 saturated carbocycles. The Morgan fingerprint density at radius 3 is 1.23 bits per heavy atom. The Kier molecular flexibility index (Phi) is 5.21. The van der Waals surface area contributed by atoms with Crippen LogP contribution in [0.5, 0.6) is 0 Å². The summed E-state index contributed by atoms with van der Waals surface area (Å²) in [5.41, 5.74) is 1.93. The molecule has 0 aliphatic rings. The third-order valence-electron chi connectivity index (χ3n) is 5.32. The Balaban J connectivity index is 2.08. The fourth-order valence-electron chi connectivity index (χ4n) is 4.04. The maximum atomic E-state index is 4.21. The summed E-state index contributed by atoms with van der Waals surface area (Å²) in [6, 6.07) is 21.4. The van der Waals surface area contributed by atoms with Gasteiger partial charge in [0.2, 0.25) is 0 Å². The average molecular weight is 548 g/mol. The van der Waals surface area contributed by atoms with Crippen LogP contribution in [0.25, 0.3) is 43.1 Å². The molecule has 30 heavy (non-hydrogen) atoms. The second-order valence-electron chi connectivity index (χ2n) is 7.00. The van der Waals surface area contributed by atoms with E-state index in [4.69, 9.17) is 0 Å². The summed E-state index contributed by atoms with van der Waals surface area (Å²) in [6.07, 6.45) is 0. The number of hydrogen-bond donors (Lipinski definition) is 2. The van der Waals surface area contributed by atoms with Gasteiger partial charge in [-0.25, -0.2) is 0 Å². The number of thiol groups is 2. The highest BCUT2D eigenvalue weighted by Crippen LogP contribution is 2.38. The zero-order valence-corrected chi connectivity index (χ0v) is 20.4. The molecule has 0 spiro atoms. The van der Waals surface area contributed by atoms with E-state index in [0.29, 0.717) is 0 Å². The molecule has 0 nitrogen and oxygen atoms in total. The largest absolute Gasteiger partial charge is 0.0918 e. The summed E-state index contributed by atoms with van der Waals surface area (Å²) in [5, 5.41) is 14.5. The van der Waals surface area contributed by atoms with Crippen molar-refractivity contribution >= 4 is 100 Å². The monoisotopic (exact) mass is 546 g/mol. The average Bonchev–Trinajstić information content (AvgIpc) is 2.74. The molecule has 0 radical (unpaired) electrons. The van der Waals surface area contributed by atoms with E-state index < -0.39 is 0 Å². The molecule has 5 aromatic rings. The summed E-state index contributed by atoms with van der Waals surface area (Å²) >= 11 is 15.6. The molecule has 0 fully saturated rings. The number of halogens is 2. The summed E-state index contributed by atoms with van der Waals surface area (Å²) < 4.78 is 2.09. The van der Waals surface area contributed by atoms with Crippen LogP contribution in [0, 0.1) is 22.3 Å². The first-order valence-electron chi connectivity index (χ1n) is 9.11. The van der Waals surface area contributed by atoms with Crippen molar-refractivity contribution in [3.05, 3.63) is 80.7 Å². The number of hydrogen-bond acceptors (Lipinski definition) is 2. The first kappa shape index (κ1) is 19.9. The van der Waals surface area contributed by atoms with E-state index in [-0.39, 0.29) is 0 Å². The molecule has 0 N–H and O–H groups in total. The van der Waals surface area contributed by atoms with Gasteiger partial charge in [0, 0.05) is 20.1 Å². The van der Waals surface area contributed by atoms with E-state index in [2.05, 4.69) is 140 Å². The van der Waals surface area contributed by atoms with Gasteiger partial charge in [0.15, 0.2) is 0 Å². The zero-order chi connectivity index (χ0) is 20.8. The Labute approximate surface area is 202 Å². The minimum Gasteiger partial charge on any atom is -0.0918 e. The summed E-state index contributed by atoms with van der Waals surface area (Å²) in [7, 11) is 0. The lowest BCUT2D eigenvalue weighted by Gasteiger charge is -2.14. The lowest BCUT2D eigenvalue weighted by molar-refractivity contribution is 1.70. The second-order valence-corrected chi connectivity index (χ2v) is 9.28. The highest BCUT2D eigenvalue weighted by atomic mass is 79.9. The molecule has 0 aliphatic heterocycles. The number of fused-ring (bicyclic) bond motifs is 4. The highest BCUT2D eigenvalue weighted by Gasteiger charge is 2.14.